The minimum absolute atomic E-state index is 0.242. The zero-order chi connectivity index (χ0) is 21.8. The van der Waals surface area contributed by atoms with Gasteiger partial charge in [0.1, 0.15) is 18.2 Å². The van der Waals surface area contributed by atoms with Crippen molar-refractivity contribution in [3.05, 3.63) is 94.2 Å². The van der Waals surface area contributed by atoms with Gasteiger partial charge in [0.2, 0.25) is 0 Å². The third kappa shape index (κ3) is 4.84. The number of rotatable bonds is 7. The average molecular weight is 454 g/mol. The summed E-state index contributed by atoms with van der Waals surface area (Å²) in [6, 6.07) is 21.8. The summed E-state index contributed by atoms with van der Waals surface area (Å²) in [7, 11) is 0. The Morgan fingerprint density at radius 2 is 1.74 bits per heavy atom. The average Bonchev–Trinajstić information content (AvgIpc) is 3.14. The van der Waals surface area contributed by atoms with Crippen LogP contribution in [-0.2, 0) is 6.54 Å². The van der Waals surface area contributed by atoms with E-state index in [2.05, 4.69) is 9.88 Å². The van der Waals surface area contributed by atoms with E-state index in [4.69, 9.17) is 32.9 Å². The molecule has 1 heterocycles. The first-order chi connectivity index (χ1) is 15.0. The molecule has 7 heteroatoms. The summed E-state index contributed by atoms with van der Waals surface area (Å²) < 4.78 is 7.94. The molecule has 1 atom stereocenters. The van der Waals surface area contributed by atoms with Crippen molar-refractivity contribution < 1.29 is 9.53 Å². The Bertz CT molecular complexity index is 1210. The standard InChI is InChI=1S/C24H21Cl2N3O2/c1-16(27-24(30)19-6-2-3-7-20(19)26)23-28-21-8-4-5-9-22(21)29(23)14-15-31-18-12-10-17(25)11-13-18/h2-13,16H,14-15H2,1H3,(H,27,30). The molecule has 0 aliphatic rings. The molecule has 1 amide bonds. The zero-order valence-corrected chi connectivity index (χ0v) is 18.4. The topological polar surface area (TPSA) is 56.2 Å². The van der Waals surface area contributed by atoms with Crippen molar-refractivity contribution in [3.63, 3.8) is 0 Å². The highest BCUT2D eigenvalue weighted by molar-refractivity contribution is 6.33. The zero-order valence-electron chi connectivity index (χ0n) is 16.9. The number of imidazole rings is 1. The molecular weight excluding hydrogens is 433 g/mol. The van der Waals surface area contributed by atoms with Crippen LogP contribution in [0.1, 0.15) is 29.1 Å². The lowest BCUT2D eigenvalue weighted by molar-refractivity contribution is 0.0937. The van der Waals surface area contributed by atoms with Crippen molar-refractivity contribution in [2.45, 2.75) is 19.5 Å². The summed E-state index contributed by atoms with van der Waals surface area (Å²) in [4.78, 5) is 17.5. The summed E-state index contributed by atoms with van der Waals surface area (Å²) in [6.07, 6.45) is 0. The third-order valence-corrected chi connectivity index (χ3v) is 5.52. The van der Waals surface area contributed by atoms with Crippen molar-refractivity contribution in [3.8, 4) is 5.75 Å². The van der Waals surface area contributed by atoms with Gasteiger partial charge in [-0.2, -0.15) is 0 Å². The predicted octanol–water partition coefficient (Wildman–Crippen LogP) is 5.91. The number of aromatic nitrogens is 2. The van der Waals surface area contributed by atoms with Crippen LogP contribution in [0.5, 0.6) is 5.75 Å². The Kier molecular flexibility index (Phi) is 6.44. The Hall–Kier alpha value is -3.02. The number of para-hydroxylation sites is 2. The number of amides is 1. The molecule has 0 saturated heterocycles. The first-order valence-corrected chi connectivity index (χ1v) is 10.7. The van der Waals surface area contributed by atoms with Crippen molar-refractivity contribution in [2.75, 3.05) is 6.61 Å². The molecule has 4 rings (SSSR count). The SMILES string of the molecule is CC(NC(=O)c1ccccc1Cl)c1nc2ccccc2n1CCOc1ccc(Cl)cc1. The van der Waals surface area contributed by atoms with Crippen molar-refractivity contribution >= 4 is 40.1 Å². The van der Waals surface area contributed by atoms with E-state index in [1.54, 1.807) is 36.4 Å². The molecule has 1 aromatic heterocycles. The fourth-order valence-corrected chi connectivity index (χ4v) is 3.78. The Morgan fingerprint density at radius 1 is 1.03 bits per heavy atom. The van der Waals surface area contributed by atoms with Gasteiger partial charge in [-0.15, -0.1) is 0 Å². The number of hydrogen-bond donors (Lipinski definition) is 1. The quantitative estimate of drug-likeness (QED) is 0.378. The minimum atomic E-state index is -0.327. The van der Waals surface area contributed by atoms with Gasteiger partial charge in [-0.1, -0.05) is 47.5 Å². The minimum Gasteiger partial charge on any atom is -0.492 e. The van der Waals surface area contributed by atoms with Crippen LogP contribution in [0.2, 0.25) is 10.0 Å². The number of carbonyl (C=O) groups excluding carboxylic acids is 1. The van der Waals surface area contributed by atoms with Crippen LogP contribution in [0.15, 0.2) is 72.8 Å². The van der Waals surface area contributed by atoms with E-state index in [0.717, 1.165) is 22.6 Å². The normalized spacial score (nSPS) is 12.0. The molecule has 0 fully saturated rings. The molecule has 0 spiro atoms. The maximum Gasteiger partial charge on any atom is 0.253 e. The maximum atomic E-state index is 12.7. The summed E-state index contributed by atoms with van der Waals surface area (Å²) in [5.74, 6) is 1.26. The molecule has 3 aromatic carbocycles. The van der Waals surface area contributed by atoms with Crippen LogP contribution in [0.25, 0.3) is 11.0 Å². The highest BCUT2D eigenvalue weighted by Gasteiger charge is 2.20. The van der Waals surface area contributed by atoms with Crippen LogP contribution in [-0.4, -0.2) is 22.1 Å². The molecule has 4 aromatic rings. The van der Waals surface area contributed by atoms with Crippen molar-refractivity contribution in [2.24, 2.45) is 0 Å². The number of carbonyl (C=O) groups is 1. The van der Waals surface area contributed by atoms with E-state index in [9.17, 15) is 4.79 Å². The highest BCUT2D eigenvalue weighted by Crippen LogP contribution is 2.23. The second kappa shape index (κ2) is 9.41. The molecule has 0 aliphatic carbocycles. The lowest BCUT2D eigenvalue weighted by Crippen LogP contribution is -2.29. The van der Waals surface area contributed by atoms with Gasteiger partial charge in [0.25, 0.3) is 5.91 Å². The Balaban J connectivity index is 1.54. The van der Waals surface area contributed by atoms with E-state index in [1.165, 1.54) is 0 Å². The third-order valence-electron chi connectivity index (χ3n) is 4.93. The largest absolute Gasteiger partial charge is 0.492 e. The number of nitrogens with one attached hydrogen (secondary N) is 1. The molecule has 158 valence electrons. The Morgan fingerprint density at radius 3 is 2.52 bits per heavy atom. The van der Waals surface area contributed by atoms with E-state index in [1.807, 2.05) is 43.3 Å². The van der Waals surface area contributed by atoms with Crippen molar-refractivity contribution in [1.29, 1.82) is 0 Å². The Labute approximate surface area is 190 Å². The molecule has 31 heavy (non-hydrogen) atoms. The summed E-state index contributed by atoms with van der Waals surface area (Å²) in [5, 5.41) is 4.09. The molecule has 0 radical (unpaired) electrons. The molecule has 0 aliphatic heterocycles. The lowest BCUT2D eigenvalue weighted by atomic mass is 10.2. The molecule has 0 bridgehead atoms. The number of nitrogens with zero attached hydrogens (tertiary/aromatic N) is 2. The second-order valence-corrected chi connectivity index (χ2v) is 7.93. The van der Waals surface area contributed by atoms with Crippen LogP contribution in [0.3, 0.4) is 0 Å². The lowest BCUT2D eigenvalue weighted by Gasteiger charge is -2.17. The fraction of sp³-hybridized carbons (Fsp3) is 0.167. The number of benzene rings is 3. The first kappa shape index (κ1) is 21.2. The van der Waals surface area contributed by atoms with Gasteiger partial charge in [0.05, 0.1) is 34.2 Å². The monoisotopic (exact) mass is 453 g/mol. The van der Waals surface area contributed by atoms with E-state index in [0.29, 0.717) is 28.8 Å². The van der Waals surface area contributed by atoms with Gasteiger partial charge in [-0.05, 0) is 55.5 Å². The van der Waals surface area contributed by atoms with Gasteiger partial charge in [0.15, 0.2) is 0 Å². The van der Waals surface area contributed by atoms with Crippen molar-refractivity contribution in [1.82, 2.24) is 14.9 Å². The van der Waals surface area contributed by atoms with Gasteiger partial charge < -0.3 is 14.6 Å². The number of ether oxygens (including phenoxy) is 1. The van der Waals surface area contributed by atoms with Gasteiger partial charge in [-0.25, -0.2) is 4.98 Å². The van der Waals surface area contributed by atoms with E-state index in [-0.39, 0.29) is 11.9 Å². The molecular formula is C24H21Cl2N3O2. The molecule has 0 saturated carbocycles. The van der Waals surface area contributed by atoms with Crippen LogP contribution in [0, 0.1) is 0 Å². The molecule has 5 nitrogen and oxygen atoms in total. The van der Waals surface area contributed by atoms with Gasteiger partial charge in [0, 0.05) is 5.02 Å². The van der Waals surface area contributed by atoms with Gasteiger partial charge >= 0.3 is 0 Å². The maximum absolute atomic E-state index is 12.7. The number of fused-ring (bicyclic) bond motifs is 1. The first-order valence-electron chi connectivity index (χ1n) is 9.92. The number of halogens is 2. The summed E-state index contributed by atoms with van der Waals surface area (Å²) in [5.41, 5.74) is 2.28. The number of hydrogen-bond acceptors (Lipinski definition) is 3. The second-order valence-electron chi connectivity index (χ2n) is 7.09. The summed E-state index contributed by atoms with van der Waals surface area (Å²) in [6.45, 7) is 2.93. The van der Waals surface area contributed by atoms with Gasteiger partial charge in [-0.3, -0.25) is 4.79 Å². The summed E-state index contributed by atoms with van der Waals surface area (Å²) >= 11 is 12.1. The van der Waals surface area contributed by atoms with Crippen LogP contribution < -0.4 is 10.1 Å². The molecule has 1 N–H and O–H groups in total. The highest BCUT2D eigenvalue weighted by atomic mass is 35.5. The fourth-order valence-electron chi connectivity index (χ4n) is 3.43. The predicted molar refractivity (Wildman–Crippen MR) is 124 cm³/mol. The van der Waals surface area contributed by atoms with Crippen LogP contribution >= 0.6 is 23.2 Å². The van der Waals surface area contributed by atoms with E-state index >= 15 is 0 Å². The molecule has 1 unspecified atom stereocenters. The van der Waals surface area contributed by atoms with E-state index < -0.39 is 0 Å². The smallest absolute Gasteiger partial charge is 0.253 e. The van der Waals surface area contributed by atoms with Crippen LogP contribution in [0.4, 0.5) is 0 Å².